The fourth-order valence-electron chi connectivity index (χ4n) is 2.70. The zero-order valence-corrected chi connectivity index (χ0v) is 10.8. The lowest BCUT2D eigenvalue weighted by atomic mass is 10.0. The summed E-state index contributed by atoms with van der Waals surface area (Å²) in [6.07, 6.45) is 0.793. The number of anilines is 1. The highest BCUT2D eigenvalue weighted by atomic mass is 16.3. The predicted octanol–water partition coefficient (Wildman–Crippen LogP) is 0.394. The predicted molar refractivity (Wildman–Crippen MR) is 67.8 cm³/mol. The highest BCUT2D eigenvalue weighted by molar-refractivity contribution is 5.51. The Kier molecular flexibility index (Phi) is 3.40. The summed E-state index contributed by atoms with van der Waals surface area (Å²) in [6.45, 7) is 6.25. The summed E-state index contributed by atoms with van der Waals surface area (Å²) in [7, 11) is 1.96. The summed E-state index contributed by atoms with van der Waals surface area (Å²) in [6, 6.07) is 0. The third-order valence-electron chi connectivity index (χ3n) is 3.72. The van der Waals surface area contributed by atoms with Gasteiger partial charge in [-0.25, -0.2) is 0 Å². The summed E-state index contributed by atoms with van der Waals surface area (Å²) in [5.41, 5.74) is 7.93. The Bertz CT molecular complexity index is 399. The first-order valence-corrected chi connectivity index (χ1v) is 6.20. The highest BCUT2D eigenvalue weighted by Crippen LogP contribution is 2.29. The van der Waals surface area contributed by atoms with Crippen molar-refractivity contribution < 1.29 is 5.11 Å². The van der Waals surface area contributed by atoms with Crippen LogP contribution in [0.1, 0.15) is 24.6 Å². The lowest BCUT2D eigenvalue weighted by Crippen LogP contribution is -2.26. The Morgan fingerprint density at radius 2 is 2.29 bits per heavy atom. The molecule has 2 unspecified atom stereocenters. The van der Waals surface area contributed by atoms with Crippen LogP contribution in [0.25, 0.3) is 0 Å². The van der Waals surface area contributed by atoms with Crippen molar-refractivity contribution in [3.05, 3.63) is 11.3 Å². The SMILES string of the molecule is Cc1nn(C)c(N2CCC(C(C)O)C2)c1CN. The van der Waals surface area contributed by atoms with Crippen molar-refractivity contribution in [2.45, 2.75) is 32.9 Å². The second kappa shape index (κ2) is 4.66. The molecule has 0 spiro atoms. The third kappa shape index (κ3) is 2.17. The summed E-state index contributed by atoms with van der Waals surface area (Å²) in [5, 5.41) is 14.1. The number of aliphatic hydroxyl groups is 1. The molecule has 2 atom stereocenters. The maximum Gasteiger partial charge on any atom is 0.131 e. The number of aryl methyl sites for hydroxylation is 2. The average Bonchev–Trinajstić information content (AvgIpc) is 2.82. The van der Waals surface area contributed by atoms with Gasteiger partial charge in [0.1, 0.15) is 5.82 Å². The van der Waals surface area contributed by atoms with Crippen LogP contribution in [0.5, 0.6) is 0 Å². The minimum absolute atomic E-state index is 0.240. The minimum Gasteiger partial charge on any atom is -0.393 e. The van der Waals surface area contributed by atoms with Crippen LogP contribution in [0.3, 0.4) is 0 Å². The lowest BCUT2D eigenvalue weighted by molar-refractivity contribution is 0.136. The second-order valence-corrected chi connectivity index (χ2v) is 4.95. The Hall–Kier alpha value is -1.07. The van der Waals surface area contributed by atoms with E-state index in [-0.39, 0.29) is 6.10 Å². The van der Waals surface area contributed by atoms with E-state index in [1.807, 2.05) is 25.6 Å². The largest absolute Gasteiger partial charge is 0.393 e. The number of aliphatic hydroxyl groups excluding tert-OH is 1. The van der Waals surface area contributed by atoms with Gasteiger partial charge >= 0.3 is 0 Å². The van der Waals surface area contributed by atoms with Crippen LogP contribution >= 0.6 is 0 Å². The molecule has 17 heavy (non-hydrogen) atoms. The van der Waals surface area contributed by atoms with Crippen molar-refractivity contribution in [2.24, 2.45) is 18.7 Å². The summed E-state index contributed by atoms with van der Waals surface area (Å²) in [5.74, 6) is 1.48. The van der Waals surface area contributed by atoms with Gasteiger partial charge in [-0.15, -0.1) is 0 Å². The van der Waals surface area contributed by atoms with Crippen LogP contribution in [0.2, 0.25) is 0 Å². The summed E-state index contributed by atoms with van der Waals surface area (Å²) in [4.78, 5) is 2.29. The van der Waals surface area contributed by atoms with Crippen LogP contribution in [0.15, 0.2) is 0 Å². The fraction of sp³-hybridized carbons (Fsp3) is 0.750. The quantitative estimate of drug-likeness (QED) is 0.799. The monoisotopic (exact) mass is 238 g/mol. The first-order chi connectivity index (χ1) is 8.04. The molecule has 1 aromatic rings. The topological polar surface area (TPSA) is 67.3 Å². The van der Waals surface area contributed by atoms with E-state index in [1.165, 1.54) is 0 Å². The van der Waals surface area contributed by atoms with Crippen molar-refractivity contribution in [1.29, 1.82) is 0 Å². The molecule has 1 aliphatic heterocycles. The Morgan fingerprint density at radius 3 is 2.82 bits per heavy atom. The molecule has 1 fully saturated rings. The molecule has 1 aliphatic rings. The number of hydrogen-bond acceptors (Lipinski definition) is 4. The molecule has 3 N–H and O–H groups in total. The molecule has 96 valence electrons. The van der Waals surface area contributed by atoms with E-state index in [0.717, 1.165) is 36.6 Å². The van der Waals surface area contributed by atoms with E-state index >= 15 is 0 Å². The molecular weight excluding hydrogens is 216 g/mol. The van der Waals surface area contributed by atoms with Gasteiger partial charge in [-0.3, -0.25) is 4.68 Å². The van der Waals surface area contributed by atoms with E-state index in [9.17, 15) is 5.11 Å². The minimum atomic E-state index is -0.240. The third-order valence-corrected chi connectivity index (χ3v) is 3.72. The summed E-state index contributed by atoms with van der Waals surface area (Å²) >= 11 is 0. The molecule has 0 bridgehead atoms. The number of aromatic nitrogens is 2. The van der Waals surface area contributed by atoms with Gasteiger partial charge < -0.3 is 15.7 Å². The standard InChI is InChI=1S/C12H22N4O/c1-8-11(6-13)12(15(3)14-8)16-5-4-10(7-16)9(2)17/h9-10,17H,4-7,13H2,1-3H3. The maximum absolute atomic E-state index is 9.64. The van der Waals surface area contributed by atoms with Crippen LogP contribution in [-0.2, 0) is 13.6 Å². The normalized spacial score (nSPS) is 22.2. The number of nitrogens with zero attached hydrogens (tertiary/aromatic N) is 3. The first kappa shape index (κ1) is 12.4. The van der Waals surface area contributed by atoms with Gasteiger partial charge in [-0.2, -0.15) is 5.10 Å². The van der Waals surface area contributed by atoms with E-state index < -0.39 is 0 Å². The van der Waals surface area contributed by atoms with Gasteiger partial charge in [0, 0.05) is 38.2 Å². The van der Waals surface area contributed by atoms with Crippen LogP contribution < -0.4 is 10.6 Å². The molecule has 0 radical (unpaired) electrons. The second-order valence-electron chi connectivity index (χ2n) is 4.95. The number of hydrogen-bond donors (Lipinski definition) is 2. The highest BCUT2D eigenvalue weighted by Gasteiger charge is 2.29. The molecule has 2 heterocycles. The van der Waals surface area contributed by atoms with Crippen LogP contribution in [0.4, 0.5) is 5.82 Å². The molecular formula is C12H22N4O. The molecule has 1 saturated heterocycles. The zero-order chi connectivity index (χ0) is 12.6. The van der Waals surface area contributed by atoms with E-state index in [1.54, 1.807) is 0 Å². The van der Waals surface area contributed by atoms with Gasteiger partial charge in [0.2, 0.25) is 0 Å². The van der Waals surface area contributed by atoms with Crippen LogP contribution in [0, 0.1) is 12.8 Å². The van der Waals surface area contributed by atoms with Gasteiger partial charge in [0.05, 0.1) is 11.8 Å². The molecule has 5 heteroatoms. The Balaban J connectivity index is 2.24. The number of nitrogens with two attached hydrogens (primary N) is 1. The van der Waals surface area contributed by atoms with Crippen molar-refractivity contribution in [3.63, 3.8) is 0 Å². The smallest absolute Gasteiger partial charge is 0.131 e. The van der Waals surface area contributed by atoms with Crippen molar-refractivity contribution >= 4 is 5.82 Å². The average molecular weight is 238 g/mol. The van der Waals surface area contributed by atoms with E-state index in [0.29, 0.717) is 12.5 Å². The van der Waals surface area contributed by atoms with Crippen molar-refractivity contribution in [2.75, 3.05) is 18.0 Å². The molecule has 2 rings (SSSR count). The lowest BCUT2D eigenvalue weighted by Gasteiger charge is -2.21. The van der Waals surface area contributed by atoms with E-state index in [2.05, 4.69) is 10.00 Å². The van der Waals surface area contributed by atoms with E-state index in [4.69, 9.17) is 5.73 Å². The van der Waals surface area contributed by atoms with Gasteiger partial charge in [0.15, 0.2) is 0 Å². The molecule has 0 aliphatic carbocycles. The Morgan fingerprint density at radius 1 is 1.59 bits per heavy atom. The van der Waals surface area contributed by atoms with Gasteiger partial charge in [0.25, 0.3) is 0 Å². The molecule has 1 aromatic heterocycles. The van der Waals surface area contributed by atoms with Gasteiger partial charge in [-0.05, 0) is 20.3 Å². The summed E-state index contributed by atoms with van der Waals surface area (Å²) < 4.78 is 1.90. The number of rotatable bonds is 3. The van der Waals surface area contributed by atoms with Crippen molar-refractivity contribution in [3.8, 4) is 0 Å². The van der Waals surface area contributed by atoms with Crippen molar-refractivity contribution in [1.82, 2.24) is 9.78 Å². The fourth-order valence-corrected chi connectivity index (χ4v) is 2.70. The van der Waals surface area contributed by atoms with Crippen LogP contribution in [-0.4, -0.2) is 34.1 Å². The maximum atomic E-state index is 9.64. The molecule has 0 saturated carbocycles. The Labute approximate surface area is 102 Å². The van der Waals surface area contributed by atoms with Gasteiger partial charge in [-0.1, -0.05) is 0 Å². The molecule has 0 amide bonds. The zero-order valence-electron chi connectivity index (χ0n) is 10.8. The molecule has 0 aromatic carbocycles. The molecule has 5 nitrogen and oxygen atoms in total. The first-order valence-electron chi connectivity index (χ1n) is 6.20.